The van der Waals surface area contributed by atoms with E-state index in [0.29, 0.717) is 11.3 Å². The molecule has 0 aliphatic carbocycles. The van der Waals surface area contributed by atoms with E-state index in [9.17, 15) is 14.9 Å². The smallest absolute Gasteiger partial charge is 0.271 e. The molecule has 0 heterocycles. The van der Waals surface area contributed by atoms with Gasteiger partial charge in [0.15, 0.2) is 0 Å². The number of hydrazone groups is 1. The first-order chi connectivity index (χ1) is 11.6. The molecule has 120 valence electrons. The van der Waals surface area contributed by atoms with Crippen molar-refractivity contribution in [2.45, 2.75) is 0 Å². The van der Waals surface area contributed by atoms with Gasteiger partial charge in [0.1, 0.15) is 12.4 Å². The normalized spacial score (nSPS) is 10.1. The van der Waals surface area contributed by atoms with E-state index in [1.807, 2.05) is 0 Å². The number of benzene rings is 2. The Hall–Kier alpha value is -3.66. The van der Waals surface area contributed by atoms with E-state index in [1.54, 1.807) is 24.3 Å². The predicted octanol–water partition coefficient (Wildman–Crippen LogP) is 2.37. The fraction of sp³-hybridized carbons (Fsp3) is 0.0588. The van der Waals surface area contributed by atoms with E-state index >= 15 is 0 Å². The van der Waals surface area contributed by atoms with Crippen LogP contribution in [0.2, 0.25) is 0 Å². The van der Waals surface area contributed by atoms with E-state index in [0.717, 1.165) is 0 Å². The van der Waals surface area contributed by atoms with E-state index in [1.165, 1.54) is 30.5 Å². The molecule has 0 bridgehead atoms. The second kappa shape index (κ2) is 8.10. The van der Waals surface area contributed by atoms with E-state index < -0.39 is 10.8 Å². The number of carbonyl (C=O) groups is 1. The highest BCUT2D eigenvalue weighted by molar-refractivity contribution is 5.95. The summed E-state index contributed by atoms with van der Waals surface area (Å²) in [6.45, 7) is 0.157. The minimum atomic E-state index is -0.568. The molecule has 0 saturated carbocycles. The minimum absolute atomic E-state index is 0.146. The quantitative estimate of drug-likeness (QED) is 0.382. The largest absolute Gasteiger partial charge is 0.481 e. The predicted molar refractivity (Wildman–Crippen MR) is 88.9 cm³/mol. The molecule has 0 saturated heterocycles. The van der Waals surface area contributed by atoms with Crippen LogP contribution in [0.3, 0.4) is 0 Å². The lowest BCUT2D eigenvalue weighted by atomic mass is 10.2. The molecule has 0 radical (unpaired) electrons. The van der Waals surface area contributed by atoms with Crippen molar-refractivity contribution in [3.63, 3.8) is 0 Å². The van der Waals surface area contributed by atoms with Gasteiger partial charge < -0.3 is 4.74 Å². The first-order valence-corrected chi connectivity index (χ1v) is 6.84. The van der Waals surface area contributed by atoms with Crippen LogP contribution in [0.15, 0.2) is 53.6 Å². The molecule has 7 heteroatoms. The molecule has 0 atom stereocenters. The van der Waals surface area contributed by atoms with E-state index in [-0.39, 0.29) is 17.9 Å². The van der Waals surface area contributed by atoms with Crippen molar-refractivity contribution in [3.8, 4) is 18.1 Å². The number of terminal acetylenes is 1. The number of hydrogen-bond donors (Lipinski definition) is 1. The van der Waals surface area contributed by atoms with Crippen LogP contribution in [0.4, 0.5) is 5.69 Å². The topological polar surface area (TPSA) is 93.8 Å². The first kappa shape index (κ1) is 16.7. The Morgan fingerprint density at radius 2 is 2.12 bits per heavy atom. The standard InChI is InChI=1S/C17H13N3O4/c1-2-9-24-16-8-3-5-13(10-16)12-18-19-17(21)14-6-4-7-15(11-14)20(22)23/h1,3-8,10-12H,9H2,(H,19,21). The third-order valence-electron chi connectivity index (χ3n) is 2.88. The Kier molecular flexibility index (Phi) is 5.64. The molecule has 0 aliphatic heterocycles. The zero-order chi connectivity index (χ0) is 17.4. The van der Waals surface area contributed by atoms with Gasteiger partial charge in [0.25, 0.3) is 11.6 Å². The van der Waals surface area contributed by atoms with E-state index in [4.69, 9.17) is 11.2 Å². The van der Waals surface area contributed by atoms with Crippen LogP contribution < -0.4 is 10.2 Å². The molecule has 24 heavy (non-hydrogen) atoms. The van der Waals surface area contributed by atoms with Crippen LogP contribution >= 0.6 is 0 Å². The van der Waals surface area contributed by atoms with Gasteiger partial charge in [-0.1, -0.05) is 24.1 Å². The van der Waals surface area contributed by atoms with E-state index in [2.05, 4.69) is 16.4 Å². The van der Waals surface area contributed by atoms with Crippen LogP contribution in [-0.4, -0.2) is 23.7 Å². The number of non-ortho nitro benzene ring substituents is 1. The lowest BCUT2D eigenvalue weighted by Gasteiger charge is -2.03. The molecular formula is C17H13N3O4. The number of rotatable bonds is 6. The van der Waals surface area contributed by atoms with Crippen molar-refractivity contribution >= 4 is 17.8 Å². The molecule has 1 N–H and O–H groups in total. The summed E-state index contributed by atoms with van der Waals surface area (Å²) in [6, 6.07) is 12.4. The number of nitro groups is 1. The molecule has 1 amide bonds. The average molecular weight is 323 g/mol. The maximum absolute atomic E-state index is 11.9. The van der Waals surface area contributed by atoms with Gasteiger partial charge in [-0.15, -0.1) is 6.42 Å². The highest BCUT2D eigenvalue weighted by Crippen LogP contribution is 2.13. The Balaban J connectivity index is 2.01. The van der Waals surface area contributed by atoms with Gasteiger partial charge in [-0.25, -0.2) is 5.43 Å². The number of nitro benzene ring substituents is 1. The summed E-state index contributed by atoms with van der Waals surface area (Å²) < 4.78 is 5.28. The van der Waals surface area contributed by atoms with Crippen molar-refractivity contribution in [2.75, 3.05) is 6.61 Å². The minimum Gasteiger partial charge on any atom is -0.481 e. The molecule has 2 rings (SSSR count). The summed E-state index contributed by atoms with van der Waals surface area (Å²) in [5, 5.41) is 14.5. The van der Waals surface area contributed by atoms with Gasteiger partial charge in [-0.3, -0.25) is 14.9 Å². The average Bonchev–Trinajstić information content (AvgIpc) is 2.60. The Morgan fingerprint density at radius 3 is 2.88 bits per heavy atom. The third-order valence-corrected chi connectivity index (χ3v) is 2.88. The summed E-state index contributed by atoms with van der Waals surface area (Å²) in [6.07, 6.45) is 6.55. The van der Waals surface area contributed by atoms with Gasteiger partial charge in [-0.2, -0.15) is 5.10 Å². The zero-order valence-corrected chi connectivity index (χ0v) is 12.5. The maximum atomic E-state index is 11.9. The molecular weight excluding hydrogens is 310 g/mol. The van der Waals surface area contributed by atoms with Crippen LogP contribution in [0.25, 0.3) is 0 Å². The number of nitrogens with zero attached hydrogens (tertiary/aromatic N) is 2. The van der Waals surface area contributed by atoms with Gasteiger partial charge in [-0.05, 0) is 23.8 Å². The molecule has 7 nitrogen and oxygen atoms in total. The van der Waals surface area contributed by atoms with Crippen molar-refractivity contribution in [2.24, 2.45) is 5.10 Å². The lowest BCUT2D eigenvalue weighted by molar-refractivity contribution is -0.384. The highest BCUT2D eigenvalue weighted by atomic mass is 16.6. The lowest BCUT2D eigenvalue weighted by Crippen LogP contribution is -2.17. The molecule has 0 unspecified atom stereocenters. The fourth-order valence-corrected chi connectivity index (χ4v) is 1.80. The zero-order valence-electron chi connectivity index (χ0n) is 12.5. The number of ether oxygens (including phenoxy) is 1. The SMILES string of the molecule is C#CCOc1cccc(C=NNC(=O)c2cccc([N+](=O)[O-])c2)c1. The monoisotopic (exact) mass is 323 g/mol. The van der Waals surface area contributed by atoms with Gasteiger partial charge in [0.2, 0.25) is 0 Å². The molecule has 2 aromatic carbocycles. The summed E-state index contributed by atoms with van der Waals surface area (Å²) in [4.78, 5) is 22.1. The Morgan fingerprint density at radius 1 is 1.33 bits per heavy atom. The fourth-order valence-electron chi connectivity index (χ4n) is 1.80. The maximum Gasteiger partial charge on any atom is 0.271 e. The summed E-state index contributed by atoms with van der Waals surface area (Å²) >= 11 is 0. The molecule has 0 spiro atoms. The van der Waals surface area contributed by atoms with Crippen molar-refractivity contribution in [3.05, 3.63) is 69.8 Å². The van der Waals surface area contributed by atoms with Crippen LogP contribution in [0, 0.1) is 22.5 Å². The Bertz CT molecular complexity index is 825. The number of nitrogens with one attached hydrogen (secondary N) is 1. The van der Waals surface area contributed by atoms with Gasteiger partial charge in [0.05, 0.1) is 11.1 Å². The molecule has 0 aliphatic rings. The van der Waals surface area contributed by atoms with Gasteiger partial charge >= 0.3 is 0 Å². The summed E-state index contributed by atoms with van der Waals surface area (Å²) in [7, 11) is 0. The van der Waals surface area contributed by atoms with Crippen molar-refractivity contribution < 1.29 is 14.5 Å². The van der Waals surface area contributed by atoms with Gasteiger partial charge in [0, 0.05) is 17.7 Å². The highest BCUT2D eigenvalue weighted by Gasteiger charge is 2.10. The number of amides is 1. The first-order valence-electron chi connectivity index (χ1n) is 6.84. The van der Waals surface area contributed by atoms with Crippen molar-refractivity contribution in [1.29, 1.82) is 0 Å². The molecule has 0 aromatic heterocycles. The summed E-state index contributed by atoms with van der Waals surface area (Å²) in [5.74, 6) is 2.40. The Labute approximate surface area is 138 Å². The number of carbonyl (C=O) groups excluding carboxylic acids is 1. The number of hydrogen-bond acceptors (Lipinski definition) is 5. The second-order valence-electron chi connectivity index (χ2n) is 4.57. The van der Waals surface area contributed by atoms with Crippen LogP contribution in [0.5, 0.6) is 5.75 Å². The van der Waals surface area contributed by atoms with Crippen LogP contribution in [-0.2, 0) is 0 Å². The third kappa shape index (κ3) is 4.68. The molecule has 2 aromatic rings. The summed E-state index contributed by atoms with van der Waals surface area (Å²) in [5.41, 5.74) is 2.99. The second-order valence-corrected chi connectivity index (χ2v) is 4.57. The van der Waals surface area contributed by atoms with Crippen LogP contribution in [0.1, 0.15) is 15.9 Å². The molecule has 0 fully saturated rings. The van der Waals surface area contributed by atoms with Crippen molar-refractivity contribution in [1.82, 2.24) is 5.43 Å².